The molecule has 0 heterocycles. The Kier molecular flexibility index (Phi) is 9.72. The van der Waals surface area contributed by atoms with Crippen molar-refractivity contribution >= 4 is 23.1 Å². The molecule has 0 spiro atoms. The minimum atomic E-state index is -5.38. The first-order chi connectivity index (χ1) is 4.00. The van der Waals surface area contributed by atoms with Crippen LogP contribution in [0.1, 0.15) is 0 Å². The van der Waals surface area contributed by atoms with Gasteiger partial charge in [0, 0.05) is 23.1 Å². The Hall–Kier alpha value is 0.525. The first-order valence-corrected chi connectivity index (χ1v) is 5.21. The Bertz CT molecular complexity index is 296. The molecule has 2 N–H and O–H groups in total. The molecule has 0 aromatic carbocycles. The minimum absolute atomic E-state index is 0. The van der Waals surface area contributed by atoms with Gasteiger partial charge in [-0.25, -0.2) is 0 Å². The summed E-state index contributed by atoms with van der Waals surface area (Å²) in [5.74, 6) is 0. The molecule has 0 aromatic rings. The standard InChI is InChI=1S/Mg.2Mn.2H2O.6O/h;;;2*1H2;;;;;;/q;2*+1;;;;;;;;/p-2. The molecule has 0 saturated carbocycles. The van der Waals surface area contributed by atoms with Gasteiger partial charge in [-0.2, -0.15) is 0 Å². The molecule has 0 amide bonds. The number of rotatable bonds is 0. The van der Waals surface area contributed by atoms with Crippen molar-refractivity contribution in [2.24, 2.45) is 0 Å². The van der Waals surface area contributed by atoms with E-state index in [2.05, 4.69) is 0 Å². The van der Waals surface area contributed by atoms with E-state index in [4.69, 9.17) is 31.4 Å². The van der Waals surface area contributed by atoms with Crippen LogP contribution in [-0.4, -0.2) is 31.4 Å². The van der Waals surface area contributed by atoms with Crippen molar-refractivity contribution in [3.63, 3.8) is 0 Å². The molecule has 0 unspecified atom stereocenters. The summed E-state index contributed by atoms with van der Waals surface area (Å²) in [6, 6.07) is 0. The van der Waals surface area contributed by atoms with Crippen LogP contribution in [0.3, 0.4) is 0 Å². The van der Waals surface area contributed by atoms with E-state index in [1.807, 2.05) is 0 Å². The van der Waals surface area contributed by atoms with Crippen molar-refractivity contribution in [3.8, 4) is 0 Å². The van der Waals surface area contributed by atoms with Crippen LogP contribution in [0.2, 0.25) is 0 Å². The molecule has 0 saturated heterocycles. The van der Waals surface area contributed by atoms with Crippen molar-refractivity contribution < 1.29 is 57.3 Å². The molecule has 0 bridgehead atoms. The third kappa shape index (κ3) is 2770. The van der Waals surface area contributed by atoms with E-state index in [0.29, 0.717) is 0 Å². The second-order valence-electron chi connectivity index (χ2n) is 0.792. The predicted octanol–water partition coefficient (Wildman–Crippen LogP) is -2.21. The van der Waals surface area contributed by atoms with Crippen molar-refractivity contribution in [2.45, 2.75) is 0 Å². The summed E-state index contributed by atoms with van der Waals surface area (Å²) >= 11 is -10.8. The topological polar surface area (TPSA) is 143 Å². The van der Waals surface area contributed by atoms with Gasteiger partial charge in [0.1, 0.15) is 0 Å². The molecule has 11 heavy (non-hydrogen) atoms. The summed E-state index contributed by atoms with van der Waals surface area (Å²) in [6.45, 7) is 0. The average Bonchev–Trinajstić information content (AvgIpc) is 1.12. The molecule has 11 heteroatoms. The van der Waals surface area contributed by atoms with Gasteiger partial charge in [0.2, 0.25) is 0 Å². The third-order valence-electron chi connectivity index (χ3n) is 0. The van der Waals surface area contributed by atoms with Gasteiger partial charge >= 0.3 is 57.3 Å². The molecule has 8 nitrogen and oxygen atoms in total. The molecule has 0 aliphatic rings. The molecular weight excluding hydrogens is 262 g/mol. The molecule has 0 aromatic heterocycles. The average molecular weight is 264 g/mol. The molecule has 0 rings (SSSR count). The maximum absolute atomic E-state index is 8.69. The van der Waals surface area contributed by atoms with Crippen molar-refractivity contribution in [1.29, 1.82) is 0 Å². The summed E-state index contributed by atoms with van der Waals surface area (Å²) in [5, 5.41) is 0. The quantitative estimate of drug-likeness (QED) is 0.468. The zero-order chi connectivity index (χ0) is 9.00. The second-order valence-corrected chi connectivity index (χ2v) is 3.27. The molecule has 0 aliphatic carbocycles. The van der Waals surface area contributed by atoms with Gasteiger partial charge in [0.25, 0.3) is 0 Å². The summed E-state index contributed by atoms with van der Waals surface area (Å²) in [6.07, 6.45) is 0. The maximum atomic E-state index is 8.69. The number of hydrogen-bond acceptors (Lipinski definition) is 6. The van der Waals surface area contributed by atoms with E-state index in [1.54, 1.807) is 0 Å². The van der Waals surface area contributed by atoms with Crippen LogP contribution in [-0.2, 0) is 48.9 Å². The van der Waals surface area contributed by atoms with Crippen LogP contribution in [0, 0.1) is 0 Å². The Morgan fingerprint density at radius 2 is 0.636 bits per heavy atom. The Morgan fingerprint density at radius 1 is 0.636 bits per heavy atom. The van der Waals surface area contributed by atoms with Crippen molar-refractivity contribution in [2.75, 3.05) is 0 Å². The van der Waals surface area contributed by atoms with E-state index in [-0.39, 0.29) is 23.1 Å². The Labute approximate surface area is 80.1 Å². The predicted molar refractivity (Wildman–Crippen MR) is 14.3 cm³/mol. The Balaban J connectivity index is -0.000000107. The molecule has 0 atom stereocenters. The zero-order valence-electron chi connectivity index (χ0n) is 4.81. The normalized spacial score (nSPS) is 10.4. The van der Waals surface area contributed by atoms with Gasteiger partial charge in [0.05, 0.1) is 0 Å². The summed E-state index contributed by atoms with van der Waals surface area (Å²) < 4.78 is 66.1. The zero-order valence-corrected chi connectivity index (χ0v) is 8.58. The van der Waals surface area contributed by atoms with Crippen LogP contribution >= 0.6 is 0 Å². The Morgan fingerprint density at radius 3 is 0.636 bits per heavy atom. The van der Waals surface area contributed by atoms with E-state index >= 15 is 0 Å². The second kappa shape index (κ2) is 6.09. The van der Waals surface area contributed by atoms with Crippen LogP contribution in [0.15, 0.2) is 0 Å². The van der Waals surface area contributed by atoms with Crippen LogP contribution < -0.4 is 0 Å². The third-order valence-corrected chi connectivity index (χ3v) is 0. The van der Waals surface area contributed by atoms with Crippen LogP contribution in [0.25, 0.3) is 0 Å². The van der Waals surface area contributed by atoms with E-state index in [9.17, 15) is 0 Å². The SMILES string of the molecule is [Mg].[O]=[Mn](=[O])(=[O])[OH].[O]=[Mn](=[O])(=[O])[OH]. The van der Waals surface area contributed by atoms with E-state index in [1.165, 1.54) is 0 Å². The molecular formula is H2MgMn2O8. The van der Waals surface area contributed by atoms with Crippen LogP contribution in [0.4, 0.5) is 0 Å². The first-order valence-electron chi connectivity index (χ1n) is 1.26. The van der Waals surface area contributed by atoms with Crippen molar-refractivity contribution in [1.82, 2.24) is 0 Å². The monoisotopic (exact) mass is 264 g/mol. The fraction of sp³-hybridized carbons (Fsp3) is 0. The van der Waals surface area contributed by atoms with Gasteiger partial charge in [-0.15, -0.1) is 0 Å². The van der Waals surface area contributed by atoms with Gasteiger partial charge in [-0.3, -0.25) is 0 Å². The molecule has 0 fully saturated rings. The fourth-order valence-electron chi connectivity index (χ4n) is 0. The van der Waals surface area contributed by atoms with Gasteiger partial charge in [0.15, 0.2) is 0 Å². The van der Waals surface area contributed by atoms with Crippen LogP contribution in [0.5, 0.6) is 0 Å². The summed E-state index contributed by atoms with van der Waals surface area (Å²) in [5.41, 5.74) is 0. The van der Waals surface area contributed by atoms with E-state index < -0.39 is 25.9 Å². The van der Waals surface area contributed by atoms with Gasteiger partial charge in [-0.1, -0.05) is 0 Å². The summed E-state index contributed by atoms with van der Waals surface area (Å²) in [7, 11) is 0. The van der Waals surface area contributed by atoms with Gasteiger partial charge in [-0.05, 0) is 0 Å². The fourth-order valence-corrected chi connectivity index (χ4v) is 0. The van der Waals surface area contributed by atoms with Crippen molar-refractivity contribution in [3.05, 3.63) is 0 Å². The number of hydrogen-bond donors (Lipinski definition) is 2. The summed E-state index contributed by atoms with van der Waals surface area (Å²) in [4.78, 5) is 0. The molecule has 0 aliphatic heterocycles. The van der Waals surface area contributed by atoms with E-state index in [0.717, 1.165) is 0 Å². The molecule has 2 radical (unpaired) electrons. The first kappa shape index (κ1) is 17.6. The molecule has 66 valence electrons. The van der Waals surface area contributed by atoms with Gasteiger partial charge < -0.3 is 0 Å².